The van der Waals surface area contributed by atoms with E-state index in [9.17, 15) is 24.6 Å². The molecule has 1 aliphatic heterocycles. The topological polar surface area (TPSA) is 142 Å². The van der Waals surface area contributed by atoms with Gasteiger partial charge in [0.15, 0.2) is 17.9 Å². The molecule has 2 bridgehead atoms. The quantitative estimate of drug-likeness (QED) is 0.391. The van der Waals surface area contributed by atoms with Gasteiger partial charge in [0.25, 0.3) is 0 Å². The number of aliphatic hydroxyl groups is 2. The van der Waals surface area contributed by atoms with E-state index in [2.05, 4.69) is 22.2 Å². The van der Waals surface area contributed by atoms with E-state index in [-0.39, 0.29) is 52.5 Å². The van der Waals surface area contributed by atoms with Crippen molar-refractivity contribution in [3.63, 3.8) is 0 Å². The number of hydrogen-bond donors (Lipinski definition) is 4. The molecule has 1 amide bonds. The van der Waals surface area contributed by atoms with E-state index in [4.69, 9.17) is 4.74 Å². The highest BCUT2D eigenvalue weighted by Gasteiger charge is 2.71. The summed E-state index contributed by atoms with van der Waals surface area (Å²) in [6, 6.07) is 0. The maximum atomic E-state index is 13.1. The van der Waals surface area contributed by atoms with Crippen LogP contribution in [0.2, 0.25) is 0 Å². The first-order chi connectivity index (χ1) is 18.3. The van der Waals surface area contributed by atoms with Gasteiger partial charge in [-0.25, -0.2) is 4.98 Å². The third-order valence-corrected chi connectivity index (χ3v) is 11.7. The lowest BCUT2D eigenvalue weighted by atomic mass is 9.46. The van der Waals surface area contributed by atoms with Crippen molar-refractivity contribution in [3.05, 3.63) is 28.7 Å². The molecule has 9 nitrogen and oxygen atoms in total. The number of hydrogen-bond acceptors (Lipinski definition) is 8. The molecule has 0 radical (unpaired) electrons. The van der Waals surface area contributed by atoms with Gasteiger partial charge < -0.3 is 25.3 Å². The summed E-state index contributed by atoms with van der Waals surface area (Å²) in [6.45, 7) is 2.26. The minimum absolute atomic E-state index is 0.0948. The number of carbonyl (C=O) groups excluding carboxylic acids is 3. The zero-order valence-corrected chi connectivity index (χ0v) is 22.6. The van der Waals surface area contributed by atoms with Crippen LogP contribution in [0.15, 0.2) is 23.0 Å². The van der Waals surface area contributed by atoms with Crippen molar-refractivity contribution in [1.29, 1.82) is 0 Å². The standard InChI is InChI=1S/C28H37N3O6S/c1-27-8-6-20(33)25(38-13-23(35)30-9-7-15-11-29-14-31-15)19(27)3-2-16-17-4-5-18(21(34)12-32)28(17)10-22(24(16)27)37-26(28)36/h11,14,16-18,22,24,26,32,36H,2-10,12-13H2,1H3,(H,29,31)(H,30,35)/t16-,17-,18+,22-,24+,26?,27-,28+/m0/s1. The van der Waals surface area contributed by atoms with Crippen LogP contribution in [0.5, 0.6) is 0 Å². The number of carbonyl (C=O) groups is 3. The first-order valence-corrected chi connectivity index (χ1v) is 14.9. The Kier molecular flexibility index (Phi) is 6.81. The van der Waals surface area contributed by atoms with Gasteiger partial charge in [-0.05, 0) is 67.3 Å². The van der Waals surface area contributed by atoms with Crippen LogP contribution < -0.4 is 5.32 Å². The number of ether oxygens (including phenoxy) is 1. The van der Waals surface area contributed by atoms with E-state index in [0.717, 1.165) is 41.9 Å². The van der Waals surface area contributed by atoms with Gasteiger partial charge in [-0.15, -0.1) is 11.8 Å². The molecule has 4 aliphatic carbocycles. The van der Waals surface area contributed by atoms with Gasteiger partial charge in [0.2, 0.25) is 5.91 Å². The third-order valence-electron chi connectivity index (χ3n) is 10.5. The SMILES string of the molecule is C[C@]12CCC(=O)C(SCC(=O)NCCc3c[nH]cn3)=C1CC[C@@H]1[C@@H]2[C@@H]2C[C@]3(C(O)O2)[C@@H](C(=O)CO)CC[C@@H]13. The van der Waals surface area contributed by atoms with E-state index in [1.54, 1.807) is 6.33 Å². The molecule has 4 N–H and O–H groups in total. The van der Waals surface area contributed by atoms with E-state index >= 15 is 0 Å². The molecule has 8 atom stereocenters. The molecule has 38 heavy (non-hydrogen) atoms. The number of thioether (sulfide) groups is 1. The van der Waals surface area contributed by atoms with Crippen molar-refractivity contribution in [1.82, 2.24) is 15.3 Å². The number of nitrogens with one attached hydrogen (secondary N) is 2. The fourth-order valence-electron chi connectivity index (χ4n) is 9.02. The van der Waals surface area contributed by atoms with Gasteiger partial charge in [-0.2, -0.15) is 0 Å². The fourth-order valence-corrected chi connectivity index (χ4v) is 10.2. The van der Waals surface area contributed by atoms with Crippen molar-refractivity contribution in [3.8, 4) is 0 Å². The van der Waals surface area contributed by atoms with Crippen LogP contribution in [-0.2, 0) is 25.5 Å². The largest absolute Gasteiger partial charge is 0.389 e. The van der Waals surface area contributed by atoms with Gasteiger partial charge in [-0.1, -0.05) is 6.92 Å². The second kappa shape index (κ2) is 9.87. The Hall–Kier alpha value is -2.01. The molecule has 206 valence electrons. The van der Waals surface area contributed by atoms with Gasteiger partial charge in [0.1, 0.15) is 6.61 Å². The average Bonchev–Trinajstić information content (AvgIpc) is 3.62. The summed E-state index contributed by atoms with van der Waals surface area (Å²) in [5, 5.41) is 23.7. The smallest absolute Gasteiger partial charge is 0.230 e. The first kappa shape index (κ1) is 26.2. The van der Waals surface area contributed by atoms with Crippen molar-refractivity contribution >= 4 is 29.2 Å². The molecule has 1 spiro atoms. The van der Waals surface area contributed by atoms with Crippen LogP contribution in [0.4, 0.5) is 0 Å². The molecule has 4 fully saturated rings. The normalized spacial score (nSPS) is 39.5. The number of aromatic nitrogens is 2. The van der Waals surface area contributed by atoms with Crippen molar-refractivity contribution < 1.29 is 29.3 Å². The third kappa shape index (κ3) is 3.93. The maximum Gasteiger partial charge on any atom is 0.230 e. The highest BCUT2D eigenvalue weighted by atomic mass is 32.2. The van der Waals surface area contributed by atoms with Crippen LogP contribution in [0.3, 0.4) is 0 Å². The Labute approximate surface area is 226 Å². The second-order valence-corrected chi connectivity index (χ2v) is 13.0. The molecule has 1 unspecified atom stereocenters. The number of rotatable bonds is 8. The van der Waals surface area contributed by atoms with Gasteiger partial charge in [-0.3, -0.25) is 14.4 Å². The molecule has 0 aromatic carbocycles. The average molecular weight is 544 g/mol. The molecule has 3 saturated carbocycles. The lowest BCUT2D eigenvalue weighted by molar-refractivity contribution is -0.160. The summed E-state index contributed by atoms with van der Waals surface area (Å²) < 4.78 is 6.27. The lowest BCUT2D eigenvalue weighted by Gasteiger charge is -2.57. The highest BCUT2D eigenvalue weighted by Crippen LogP contribution is 2.71. The van der Waals surface area contributed by atoms with Gasteiger partial charge in [0.05, 0.1) is 28.8 Å². The van der Waals surface area contributed by atoms with Crippen LogP contribution >= 0.6 is 11.8 Å². The number of allylic oxidation sites excluding steroid dienone is 1. The van der Waals surface area contributed by atoms with Crippen LogP contribution in [0, 0.1) is 34.5 Å². The van der Waals surface area contributed by atoms with Gasteiger partial charge >= 0.3 is 0 Å². The Balaban J connectivity index is 1.21. The summed E-state index contributed by atoms with van der Waals surface area (Å²) >= 11 is 1.36. The van der Waals surface area contributed by atoms with Crippen molar-refractivity contribution in [2.24, 2.45) is 34.5 Å². The van der Waals surface area contributed by atoms with Gasteiger partial charge in [0, 0.05) is 36.9 Å². The second-order valence-electron chi connectivity index (χ2n) is 12.0. The summed E-state index contributed by atoms with van der Waals surface area (Å²) in [6.07, 6.45) is 7.96. The molecule has 1 saturated heterocycles. The number of aliphatic hydroxyl groups excluding tert-OH is 2. The Bertz CT molecular complexity index is 1150. The molecule has 2 heterocycles. The predicted octanol–water partition coefficient (Wildman–Crippen LogP) is 2.15. The van der Waals surface area contributed by atoms with Crippen LogP contribution in [0.25, 0.3) is 0 Å². The Morgan fingerprint density at radius 1 is 1.29 bits per heavy atom. The number of imidazole rings is 1. The van der Waals surface area contributed by atoms with Crippen LogP contribution in [-0.4, -0.2) is 69.0 Å². The first-order valence-electron chi connectivity index (χ1n) is 13.9. The van der Waals surface area contributed by atoms with E-state index < -0.39 is 18.3 Å². The van der Waals surface area contributed by atoms with E-state index in [1.165, 1.54) is 11.8 Å². The zero-order chi connectivity index (χ0) is 26.7. The number of aromatic amines is 1. The monoisotopic (exact) mass is 543 g/mol. The summed E-state index contributed by atoms with van der Waals surface area (Å²) in [4.78, 5) is 46.2. The predicted molar refractivity (Wildman–Crippen MR) is 140 cm³/mol. The molecular formula is C28H37N3O6S. The number of nitrogens with zero attached hydrogens (tertiary/aromatic N) is 1. The highest BCUT2D eigenvalue weighted by molar-refractivity contribution is 8.04. The van der Waals surface area contributed by atoms with Crippen molar-refractivity contribution in [2.45, 2.75) is 70.7 Å². The molecule has 6 rings (SSSR count). The van der Waals surface area contributed by atoms with E-state index in [1.807, 2.05) is 6.20 Å². The van der Waals surface area contributed by atoms with E-state index in [0.29, 0.717) is 38.1 Å². The number of fused-ring (bicyclic) bond motifs is 6. The minimum Gasteiger partial charge on any atom is -0.389 e. The fraction of sp³-hybridized carbons (Fsp3) is 0.714. The molecule has 5 aliphatic rings. The molecule has 10 heteroatoms. The number of amides is 1. The molecule has 1 aromatic heterocycles. The summed E-state index contributed by atoms with van der Waals surface area (Å²) in [5.74, 6) is 0.339. The number of Topliss-reactive ketones (excluding diaryl/α,β-unsaturated/α-hetero) is 2. The summed E-state index contributed by atoms with van der Waals surface area (Å²) in [7, 11) is 0. The van der Waals surface area contributed by atoms with Crippen LogP contribution in [0.1, 0.15) is 57.6 Å². The Morgan fingerprint density at radius 2 is 2.13 bits per heavy atom. The lowest BCUT2D eigenvalue weighted by Crippen LogP contribution is -2.56. The maximum absolute atomic E-state index is 13.1. The molecular weight excluding hydrogens is 506 g/mol. The number of H-pyrrole nitrogens is 1. The number of ketones is 2. The Morgan fingerprint density at radius 3 is 2.89 bits per heavy atom. The minimum atomic E-state index is -0.994. The molecule has 1 aromatic rings. The summed E-state index contributed by atoms with van der Waals surface area (Å²) in [5.41, 5.74) is 1.21. The van der Waals surface area contributed by atoms with Crippen molar-refractivity contribution in [2.75, 3.05) is 18.9 Å². The zero-order valence-electron chi connectivity index (χ0n) is 21.8.